The number of halogens is 4. The first kappa shape index (κ1) is 15.4. The average Bonchev–Trinajstić information content (AvgIpc) is 2.10. The Labute approximate surface area is 108 Å². The normalized spacial score (nSPS) is 12.3. The second kappa shape index (κ2) is 4.81. The number of rotatable bonds is 3. The second-order valence-corrected chi connectivity index (χ2v) is 5.68. The molecular formula is C7H4ClF3N2O5S. The number of nitrogens with zero attached hydrogens (tertiary/aromatic N) is 2. The van der Waals surface area contributed by atoms with E-state index in [0.29, 0.717) is 6.07 Å². The molecule has 106 valence electrons. The van der Waals surface area contributed by atoms with Crippen LogP contribution in [0.3, 0.4) is 0 Å². The van der Waals surface area contributed by atoms with E-state index in [1.54, 1.807) is 0 Å². The summed E-state index contributed by atoms with van der Waals surface area (Å²) in [5.74, 6) is -2.49. The van der Waals surface area contributed by atoms with Crippen LogP contribution < -0.4 is 4.74 Å². The van der Waals surface area contributed by atoms with E-state index in [1.165, 1.54) is 0 Å². The van der Waals surface area contributed by atoms with Crippen molar-refractivity contribution in [1.29, 1.82) is 0 Å². The van der Waals surface area contributed by atoms with Crippen molar-refractivity contribution >= 4 is 25.6 Å². The van der Waals surface area contributed by atoms with Gasteiger partial charge >= 0.3 is 18.1 Å². The Hall–Kier alpha value is -1.62. The van der Waals surface area contributed by atoms with Crippen molar-refractivity contribution in [2.75, 3.05) is 0 Å². The minimum absolute atomic E-state index is 0.393. The van der Waals surface area contributed by atoms with E-state index in [4.69, 9.17) is 10.7 Å². The monoisotopic (exact) mass is 320 g/mol. The van der Waals surface area contributed by atoms with Gasteiger partial charge in [-0.25, -0.2) is 8.42 Å². The summed E-state index contributed by atoms with van der Waals surface area (Å²) in [4.78, 5) is 11.2. The largest absolute Gasteiger partial charge is 0.575 e. The summed E-state index contributed by atoms with van der Waals surface area (Å²) in [6.45, 7) is 1.02. The Morgan fingerprint density at radius 3 is 2.37 bits per heavy atom. The number of hydrogen-bond donors (Lipinski definition) is 0. The van der Waals surface area contributed by atoms with Crippen molar-refractivity contribution < 1.29 is 31.2 Å². The molecule has 1 aromatic heterocycles. The molecule has 19 heavy (non-hydrogen) atoms. The van der Waals surface area contributed by atoms with Crippen LogP contribution in [-0.4, -0.2) is 24.7 Å². The Kier molecular flexibility index (Phi) is 3.91. The zero-order valence-corrected chi connectivity index (χ0v) is 10.5. The molecule has 0 radical (unpaired) electrons. The molecule has 0 saturated carbocycles. The molecule has 1 aromatic rings. The lowest BCUT2D eigenvalue weighted by atomic mass is 10.3. The molecular weight excluding hydrogens is 317 g/mol. The third-order valence-corrected chi connectivity index (χ3v) is 3.20. The maximum atomic E-state index is 12.1. The molecule has 0 saturated heterocycles. The van der Waals surface area contributed by atoms with Crippen LogP contribution in [0.15, 0.2) is 11.0 Å². The first-order valence-electron chi connectivity index (χ1n) is 4.28. The highest BCUT2D eigenvalue weighted by Gasteiger charge is 2.39. The van der Waals surface area contributed by atoms with Gasteiger partial charge in [0, 0.05) is 21.7 Å². The summed E-state index contributed by atoms with van der Waals surface area (Å²) < 4.78 is 62.0. The Morgan fingerprint density at radius 1 is 1.47 bits per heavy atom. The summed E-state index contributed by atoms with van der Waals surface area (Å²) in [5, 5.41) is 10.5. The SMILES string of the molecule is Cc1cc([N+](=O)[O-])nc(OC(F)(F)F)c1S(=O)(=O)Cl. The first-order valence-corrected chi connectivity index (χ1v) is 6.59. The van der Waals surface area contributed by atoms with Gasteiger partial charge in [-0.15, -0.1) is 13.2 Å². The van der Waals surface area contributed by atoms with Crippen molar-refractivity contribution in [1.82, 2.24) is 4.98 Å². The number of aryl methyl sites for hydroxylation is 1. The van der Waals surface area contributed by atoms with E-state index in [-0.39, 0.29) is 0 Å². The van der Waals surface area contributed by atoms with Gasteiger partial charge in [-0.05, 0) is 17.4 Å². The van der Waals surface area contributed by atoms with Crippen molar-refractivity contribution in [3.05, 3.63) is 21.7 Å². The van der Waals surface area contributed by atoms with Crippen LogP contribution in [0.2, 0.25) is 0 Å². The smallest absolute Gasteiger partial charge is 0.365 e. The molecule has 0 N–H and O–H groups in total. The van der Waals surface area contributed by atoms with Crippen molar-refractivity contribution in [2.24, 2.45) is 0 Å². The molecule has 1 heterocycles. The van der Waals surface area contributed by atoms with Crippen LogP contribution in [0.4, 0.5) is 19.0 Å². The zero-order valence-electron chi connectivity index (χ0n) is 8.93. The molecule has 0 unspecified atom stereocenters. The number of ether oxygens (including phenoxy) is 1. The third kappa shape index (κ3) is 3.92. The Balaban J connectivity index is 3.59. The lowest BCUT2D eigenvalue weighted by Gasteiger charge is -2.09. The van der Waals surface area contributed by atoms with Gasteiger partial charge in [0.15, 0.2) is 4.90 Å². The molecule has 0 aliphatic carbocycles. The highest BCUT2D eigenvalue weighted by molar-refractivity contribution is 8.13. The van der Waals surface area contributed by atoms with Gasteiger partial charge in [-0.1, -0.05) is 0 Å². The fourth-order valence-electron chi connectivity index (χ4n) is 1.18. The summed E-state index contributed by atoms with van der Waals surface area (Å²) in [6.07, 6.45) is -5.27. The van der Waals surface area contributed by atoms with E-state index in [2.05, 4.69) is 9.72 Å². The van der Waals surface area contributed by atoms with Gasteiger partial charge < -0.3 is 14.9 Å². The van der Waals surface area contributed by atoms with Crippen LogP contribution in [0, 0.1) is 17.0 Å². The van der Waals surface area contributed by atoms with Gasteiger partial charge in [0.2, 0.25) is 0 Å². The molecule has 0 fully saturated rings. The molecule has 0 aliphatic heterocycles. The lowest BCUT2D eigenvalue weighted by molar-refractivity contribution is -0.390. The van der Waals surface area contributed by atoms with E-state index in [0.717, 1.165) is 6.92 Å². The van der Waals surface area contributed by atoms with Gasteiger partial charge in [0.05, 0.1) is 0 Å². The standard InChI is InChI=1S/C7H4ClF3N2O5S/c1-3-2-4(13(14)15)12-6(18-7(9,10)11)5(3)19(8,16)17/h2H,1H3. The first-order chi connectivity index (χ1) is 8.42. The van der Waals surface area contributed by atoms with Crippen molar-refractivity contribution in [3.63, 3.8) is 0 Å². The van der Waals surface area contributed by atoms with E-state index < -0.39 is 42.5 Å². The maximum absolute atomic E-state index is 12.1. The maximum Gasteiger partial charge on any atom is 0.575 e. The van der Waals surface area contributed by atoms with Crippen LogP contribution >= 0.6 is 10.7 Å². The average molecular weight is 321 g/mol. The van der Waals surface area contributed by atoms with Gasteiger partial charge in [0.1, 0.15) is 0 Å². The van der Waals surface area contributed by atoms with Crippen LogP contribution in [0.25, 0.3) is 0 Å². The zero-order chi connectivity index (χ0) is 15.0. The summed E-state index contributed by atoms with van der Waals surface area (Å²) in [5.41, 5.74) is -0.393. The predicted octanol–water partition coefficient (Wildman–Crippen LogP) is 2.12. The Bertz CT molecular complexity index is 630. The molecule has 1 rings (SSSR count). The molecule has 12 heteroatoms. The van der Waals surface area contributed by atoms with Crippen LogP contribution in [-0.2, 0) is 9.05 Å². The molecule has 0 bridgehead atoms. The van der Waals surface area contributed by atoms with Gasteiger partial charge in [-0.3, -0.25) is 0 Å². The highest BCUT2D eigenvalue weighted by Crippen LogP contribution is 2.34. The quantitative estimate of drug-likeness (QED) is 0.480. The number of aromatic nitrogens is 1. The Morgan fingerprint density at radius 2 is 2.00 bits per heavy atom. The van der Waals surface area contributed by atoms with E-state index in [1.807, 2.05) is 0 Å². The summed E-state index contributed by atoms with van der Waals surface area (Å²) in [7, 11) is 0.328. The molecule has 0 amide bonds. The molecule has 0 aromatic carbocycles. The van der Waals surface area contributed by atoms with Crippen LogP contribution in [0.5, 0.6) is 5.88 Å². The summed E-state index contributed by atoms with van der Waals surface area (Å²) in [6, 6.07) is 0.665. The topological polar surface area (TPSA) is 99.4 Å². The molecule has 0 atom stereocenters. The molecule has 7 nitrogen and oxygen atoms in total. The predicted molar refractivity (Wildman–Crippen MR) is 55.4 cm³/mol. The summed E-state index contributed by atoms with van der Waals surface area (Å²) >= 11 is 0. The second-order valence-electron chi connectivity index (χ2n) is 3.17. The number of pyridine rings is 1. The number of nitro groups is 1. The van der Waals surface area contributed by atoms with E-state index in [9.17, 15) is 31.7 Å². The minimum Gasteiger partial charge on any atom is -0.365 e. The van der Waals surface area contributed by atoms with Crippen molar-refractivity contribution in [3.8, 4) is 5.88 Å². The minimum atomic E-state index is -5.27. The fourth-order valence-corrected chi connectivity index (χ4v) is 2.49. The fraction of sp³-hybridized carbons (Fsp3) is 0.286. The highest BCUT2D eigenvalue weighted by atomic mass is 35.7. The van der Waals surface area contributed by atoms with E-state index >= 15 is 0 Å². The van der Waals surface area contributed by atoms with Gasteiger partial charge in [-0.2, -0.15) is 0 Å². The van der Waals surface area contributed by atoms with Crippen molar-refractivity contribution in [2.45, 2.75) is 18.2 Å². The number of hydrogen-bond acceptors (Lipinski definition) is 6. The van der Waals surface area contributed by atoms with Gasteiger partial charge in [0.25, 0.3) is 9.05 Å². The lowest BCUT2D eigenvalue weighted by Crippen LogP contribution is -2.20. The number of alkyl halides is 3. The van der Waals surface area contributed by atoms with Crippen LogP contribution in [0.1, 0.15) is 5.56 Å². The molecule has 0 spiro atoms. The molecule has 0 aliphatic rings. The third-order valence-electron chi connectivity index (χ3n) is 1.76.